The molecule has 0 saturated carbocycles. The number of hydrogen-bond acceptors (Lipinski definition) is 5. The second-order valence-corrected chi connectivity index (χ2v) is 8.61. The van der Waals surface area contributed by atoms with E-state index >= 15 is 0 Å². The normalized spacial score (nSPS) is 13.8. The van der Waals surface area contributed by atoms with Crippen molar-refractivity contribution < 1.29 is 18.3 Å². The van der Waals surface area contributed by atoms with E-state index in [9.17, 15) is 18.3 Å². The van der Waals surface area contributed by atoms with Crippen molar-refractivity contribution in [2.75, 3.05) is 6.54 Å². The number of nitrogens with one attached hydrogen (secondary N) is 2. The van der Waals surface area contributed by atoms with Gasteiger partial charge >= 0.3 is 5.97 Å². The number of pyridine rings is 1. The second kappa shape index (κ2) is 9.13. The SMILES string of the molecule is CC(CNC(Cc1ccccc1)C(=O)O)NS(=O)(=O)c1ccc2cnccc2c1. The molecule has 2 aromatic carbocycles. The van der Waals surface area contributed by atoms with Gasteiger partial charge in [0.1, 0.15) is 6.04 Å². The number of carboxylic acid groups (broad SMARTS) is 1. The first-order chi connectivity index (χ1) is 13.8. The molecule has 1 heterocycles. The minimum absolute atomic E-state index is 0.155. The maximum atomic E-state index is 12.7. The Kier molecular flexibility index (Phi) is 6.58. The van der Waals surface area contributed by atoms with Crippen LogP contribution in [0.1, 0.15) is 12.5 Å². The molecule has 0 saturated heterocycles. The molecule has 0 spiro atoms. The standard InChI is InChI=1S/C21H23N3O4S/c1-15(13-23-20(21(25)26)11-16-5-3-2-4-6-16)24-29(27,28)19-8-7-18-14-22-10-9-17(18)12-19/h2-10,12,14-15,20,23-24H,11,13H2,1H3,(H,25,26). The second-order valence-electron chi connectivity index (χ2n) is 6.90. The van der Waals surface area contributed by atoms with Crippen LogP contribution in [0, 0.1) is 0 Å². The van der Waals surface area contributed by atoms with Gasteiger partial charge in [-0.3, -0.25) is 9.78 Å². The molecular formula is C21H23N3O4S. The molecule has 1 aromatic heterocycles. The van der Waals surface area contributed by atoms with Crippen LogP contribution < -0.4 is 10.0 Å². The summed E-state index contributed by atoms with van der Waals surface area (Å²) in [4.78, 5) is 15.7. The number of rotatable bonds is 9. The molecule has 0 fully saturated rings. The van der Waals surface area contributed by atoms with Gasteiger partial charge in [-0.05, 0) is 42.5 Å². The third-order valence-corrected chi connectivity index (χ3v) is 6.12. The molecule has 0 bridgehead atoms. The summed E-state index contributed by atoms with van der Waals surface area (Å²) < 4.78 is 28.0. The van der Waals surface area contributed by atoms with Crippen LogP contribution in [0.3, 0.4) is 0 Å². The highest BCUT2D eigenvalue weighted by molar-refractivity contribution is 7.89. The van der Waals surface area contributed by atoms with Crippen LogP contribution in [0.4, 0.5) is 0 Å². The Bertz CT molecular complexity index is 1090. The average Bonchev–Trinajstić information content (AvgIpc) is 2.71. The molecule has 29 heavy (non-hydrogen) atoms. The summed E-state index contributed by atoms with van der Waals surface area (Å²) in [6.45, 7) is 1.87. The lowest BCUT2D eigenvalue weighted by Gasteiger charge is -2.19. The van der Waals surface area contributed by atoms with Gasteiger partial charge in [-0.15, -0.1) is 0 Å². The maximum Gasteiger partial charge on any atom is 0.321 e. The number of benzene rings is 2. The molecule has 3 aromatic rings. The van der Waals surface area contributed by atoms with E-state index in [0.717, 1.165) is 16.3 Å². The molecule has 0 aliphatic rings. The molecule has 0 aliphatic carbocycles. The monoisotopic (exact) mass is 413 g/mol. The molecule has 2 atom stereocenters. The van der Waals surface area contributed by atoms with Crippen LogP contribution in [0.2, 0.25) is 0 Å². The fourth-order valence-corrected chi connectivity index (χ4v) is 4.30. The van der Waals surface area contributed by atoms with E-state index in [4.69, 9.17) is 0 Å². The van der Waals surface area contributed by atoms with Crippen LogP contribution in [-0.4, -0.2) is 43.1 Å². The van der Waals surface area contributed by atoms with Crippen molar-refractivity contribution in [3.05, 3.63) is 72.6 Å². The Morgan fingerprint density at radius 1 is 1.10 bits per heavy atom. The molecule has 3 rings (SSSR count). The zero-order chi connectivity index (χ0) is 20.9. The van der Waals surface area contributed by atoms with Gasteiger partial charge in [0.15, 0.2) is 0 Å². The van der Waals surface area contributed by atoms with Crippen molar-refractivity contribution >= 4 is 26.8 Å². The van der Waals surface area contributed by atoms with Crippen LogP contribution in [0.5, 0.6) is 0 Å². The lowest BCUT2D eigenvalue weighted by atomic mass is 10.1. The van der Waals surface area contributed by atoms with E-state index in [0.29, 0.717) is 6.42 Å². The summed E-state index contributed by atoms with van der Waals surface area (Å²) in [5, 5.41) is 14.0. The number of carboxylic acids is 1. The number of carbonyl (C=O) groups is 1. The fourth-order valence-electron chi connectivity index (χ4n) is 3.02. The molecule has 0 amide bonds. The largest absolute Gasteiger partial charge is 0.480 e. The van der Waals surface area contributed by atoms with Crippen LogP contribution in [0.25, 0.3) is 10.8 Å². The van der Waals surface area contributed by atoms with Gasteiger partial charge in [0.05, 0.1) is 4.90 Å². The van der Waals surface area contributed by atoms with E-state index in [1.54, 1.807) is 37.5 Å². The van der Waals surface area contributed by atoms with Gasteiger partial charge in [-0.25, -0.2) is 13.1 Å². The van der Waals surface area contributed by atoms with Crippen molar-refractivity contribution in [1.29, 1.82) is 0 Å². The Labute approximate surface area is 169 Å². The Morgan fingerprint density at radius 2 is 1.86 bits per heavy atom. The van der Waals surface area contributed by atoms with E-state index in [1.807, 2.05) is 30.3 Å². The highest BCUT2D eigenvalue weighted by Crippen LogP contribution is 2.18. The summed E-state index contributed by atoms with van der Waals surface area (Å²) >= 11 is 0. The number of nitrogens with zero attached hydrogens (tertiary/aromatic N) is 1. The van der Waals surface area contributed by atoms with E-state index < -0.39 is 28.1 Å². The van der Waals surface area contributed by atoms with Gasteiger partial charge < -0.3 is 10.4 Å². The molecule has 0 aliphatic heterocycles. The molecule has 0 radical (unpaired) electrons. The van der Waals surface area contributed by atoms with Crippen molar-refractivity contribution in [1.82, 2.24) is 15.0 Å². The van der Waals surface area contributed by atoms with Gasteiger partial charge in [-0.1, -0.05) is 36.4 Å². The lowest BCUT2D eigenvalue weighted by Crippen LogP contribution is -2.46. The first kappa shape index (κ1) is 20.9. The van der Waals surface area contributed by atoms with E-state index in [2.05, 4.69) is 15.0 Å². The highest BCUT2D eigenvalue weighted by Gasteiger charge is 2.21. The third kappa shape index (κ3) is 5.60. The zero-order valence-electron chi connectivity index (χ0n) is 15.9. The lowest BCUT2D eigenvalue weighted by molar-refractivity contribution is -0.139. The summed E-state index contributed by atoms with van der Waals surface area (Å²) in [6, 6.07) is 14.6. The Morgan fingerprint density at radius 3 is 2.59 bits per heavy atom. The van der Waals surface area contributed by atoms with Gasteiger partial charge in [-0.2, -0.15) is 0 Å². The van der Waals surface area contributed by atoms with Crippen LogP contribution in [0.15, 0.2) is 71.9 Å². The third-order valence-electron chi connectivity index (χ3n) is 4.53. The van der Waals surface area contributed by atoms with E-state index in [1.165, 1.54) is 6.07 Å². The fraction of sp³-hybridized carbons (Fsp3) is 0.238. The number of hydrogen-bond donors (Lipinski definition) is 3. The predicted molar refractivity (Wildman–Crippen MR) is 111 cm³/mol. The quantitative estimate of drug-likeness (QED) is 0.496. The Balaban J connectivity index is 1.63. The minimum Gasteiger partial charge on any atom is -0.480 e. The van der Waals surface area contributed by atoms with Crippen molar-refractivity contribution in [2.24, 2.45) is 0 Å². The number of sulfonamides is 1. The summed E-state index contributed by atoms with van der Waals surface area (Å²) in [7, 11) is -3.74. The van der Waals surface area contributed by atoms with Gasteiger partial charge in [0.25, 0.3) is 0 Å². The Hall–Kier alpha value is -2.81. The summed E-state index contributed by atoms with van der Waals surface area (Å²) in [6.07, 6.45) is 3.59. The molecule has 152 valence electrons. The minimum atomic E-state index is -3.74. The van der Waals surface area contributed by atoms with Crippen molar-refractivity contribution in [3.8, 4) is 0 Å². The van der Waals surface area contributed by atoms with E-state index in [-0.39, 0.29) is 11.4 Å². The molecule has 3 N–H and O–H groups in total. The number of aliphatic carboxylic acids is 1. The molecule has 8 heteroatoms. The van der Waals surface area contributed by atoms with Crippen molar-refractivity contribution in [2.45, 2.75) is 30.3 Å². The first-order valence-electron chi connectivity index (χ1n) is 9.21. The smallest absolute Gasteiger partial charge is 0.321 e. The topological polar surface area (TPSA) is 108 Å². The predicted octanol–water partition coefficient (Wildman–Crippen LogP) is 2.19. The van der Waals surface area contributed by atoms with Crippen LogP contribution in [-0.2, 0) is 21.2 Å². The van der Waals surface area contributed by atoms with Crippen LogP contribution >= 0.6 is 0 Å². The van der Waals surface area contributed by atoms with Crippen molar-refractivity contribution in [3.63, 3.8) is 0 Å². The van der Waals surface area contributed by atoms with Gasteiger partial charge in [0, 0.05) is 30.4 Å². The average molecular weight is 413 g/mol. The molecule has 7 nitrogen and oxygen atoms in total. The summed E-state index contributed by atoms with van der Waals surface area (Å²) in [5.74, 6) is -0.980. The highest BCUT2D eigenvalue weighted by atomic mass is 32.2. The number of aromatic nitrogens is 1. The maximum absolute atomic E-state index is 12.7. The summed E-state index contributed by atoms with van der Waals surface area (Å²) in [5.41, 5.74) is 0.895. The molecular weight excluding hydrogens is 390 g/mol. The zero-order valence-corrected chi connectivity index (χ0v) is 16.8. The first-order valence-corrected chi connectivity index (χ1v) is 10.7. The molecule has 2 unspecified atom stereocenters. The number of fused-ring (bicyclic) bond motifs is 1. The van der Waals surface area contributed by atoms with Gasteiger partial charge in [0.2, 0.25) is 10.0 Å².